The number of ether oxygens (including phenoxy) is 1. The lowest BCUT2D eigenvalue weighted by Gasteiger charge is -2.09. The molecule has 2 nitrogen and oxygen atoms in total. The first-order valence-corrected chi connectivity index (χ1v) is 8.05. The van der Waals surface area contributed by atoms with Gasteiger partial charge in [0.05, 0.1) is 6.10 Å². The van der Waals surface area contributed by atoms with Gasteiger partial charge in [0, 0.05) is 5.56 Å². The molecule has 2 heteroatoms. The predicted octanol–water partition coefficient (Wildman–Crippen LogP) is 5.49. The topological polar surface area (TPSA) is 26.3 Å². The lowest BCUT2D eigenvalue weighted by atomic mass is 10.0. The van der Waals surface area contributed by atoms with E-state index in [1.807, 2.05) is 68.5 Å². The quantitative estimate of drug-likeness (QED) is 0.521. The van der Waals surface area contributed by atoms with Crippen LogP contribution in [-0.2, 0) is 0 Å². The van der Waals surface area contributed by atoms with E-state index in [1.54, 1.807) is 6.08 Å². The van der Waals surface area contributed by atoms with Gasteiger partial charge in [0.2, 0.25) is 0 Å². The van der Waals surface area contributed by atoms with Crippen LogP contribution in [0, 0.1) is 0 Å². The van der Waals surface area contributed by atoms with Crippen LogP contribution in [-0.4, -0.2) is 11.9 Å². The van der Waals surface area contributed by atoms with Crippen molar-refractivity contribution in [3.63, 3.8) is 0 Å². The van der Waals surface area contributed by atoms with Gasteiger partial charge in [-0.3, -0.25) is 4.79 Å². The fourth-order valence-electron chi connectivity index (χ4n) is 2.23. The van der Waals surface area contributed by atoms with Gasteiger partial charge in [-0.25, -0.2) is 0 Å². The monoisotopic (exact) mass is 308 g/mol. The molecule has 0 unspecified atom stereocenters. The van der Waals surface area contributed by atoms with Crippen molar-refractivity contribution in [2.45, 2.75) is 39.7 Å². The molecule has 2 rings (SSSR count). The molecule has 0 radical (unpaired) electrons. The van der Waals surface area contributed by atoms with Crippen molar-refractivity contribution in [2.75, 3.05) is 0 Å². The summed E-state index contributed by atoms with van der Waals surface area (Å²) in [6, 6.07) is 15.5. The summed E-state index contributed by atoms with van der Waals surface area (Å²) in [6.45, 7) is 8.28. The summed E-state index contributed by atoms with van der Waals surface area (Å²) in [6.07, 6.45) is 3.60. The van der Waals surface area contributed by atoms with E-state index in [1.165, 1.54) is 5.56 Å². The van der Waals surface area contributed by atoms with Gasteiger partial charge >= 0.3 is 0 Å². The minimum Gasteiger partial charge on any atom is -0.491 e. The van der Waals surface area contributed by atoms with Crippen LogP contribution in [0.2, 0.25) is 0 Å². The van der Waals surface area contributed by atoms with Gasteiger partial charge in [0.15, 0.2) is 5.78 Å². The predicted molar refractivity (Wildman–Crippen MR) is 96.1 cm³/mol. The number of benzene rings is 2. The van der Waals surface area contributed by atoms with E-state index in [0.717, 1.165) is 11.3 Å². The Labute approximate surface area is 138 Å². The van der Waals surface area contributed by atoms with E-state index in [2.05, 4.69) is 13.8 Å². The van der Waals surface area contributed by atoms with Gasteiger partial charge in [-0.2, -0.15) is 0 Å². The third-order valence-corrected chi connectivity index (χ3v) is 3.54. The number of hydrogen-bond donors (Lipinski definition) is 0. The SMILES string of the molecule is CC(C)Oc1ccc(/C=C/C(=O)c2ccc(C(C)C)cc2)cc1. The molecular weight excluding hydrogens is 284 g/mol. The first kappa shape index (κ1) is 17.0. The maximum atomic E-state index is 12.2. The molecule has 0 saturated heterocycles. The summed E-state index contributed by atoms with van der Waals surface area (Å²) >= 11 is 0. The first-order valence-electron chi connectivity index (χ1n) is 8.05. The van der Waals surface area contributed by atoms with Gasteiger partial charge < -0.3 is 4.74 Å². The third kappa shape index (κ3) is 5.10. The Kier molecular flexibility index (Phi) is 5.75. The normalized spacial score (nSPS) is 11.4. The van der Waals surface area contributed by atoms with Crippen LogP contribution in [0.3, 0.4) is 0 Å². The molecule has 0 atom stereocenters. The highest BCUT2D eigenvalue weighted by molar-refractivity contribution is 6.06. The first-order chi connectivity index (χ1) is 11.0. The molecule has 0 bridgehead atoms. The summed E-state index contributed by atoms with van der Waals surface area (Å²) in [5, 5.41) is 0. The number of allylic oxidation sites excluding steroid dienone is 1. The minimum absolute atomic E-state index is 0.0165. The summed E-state index contributed by atoms with van der Waals surface area (Å²) in [7, 11) is 0. The van der Waals surface area contributed by atoms with E-state index < -0.39 is 0 Å². The van der Waals surface area contributed by atoms with E-state index in [4.69, 9.17) is 4.74 Å². The van der Waals surface area contributed by atoms with E-state index >= 15 is 0 Å². The lowest BCUT2D eigenvalue weighted by Crippen LogP contribution is -2.05. The Morgan fingerprint density at radius 1 is 0.913 bits per heavy atom. The van der Waals surface area contributed by atoms with E-state index in [0.29, 0.717) is 11.5 Å². The Morgan fingerprint density at radius 2 is 1.52 bits per heavy atom. The maximum absolute atomic E-state index is 12.2. The molecule has 0 aromatic heterocycles. The van der Waals surface area contributed by atoms with Crippen LogP contribution in [0.25, 0.3) is 6.08 Å². The summed E-state index contributed by atoms with van der Waals surface area (Å²) in [4.78, 5) is 12.2. The molecule has 2 aromatic rings. The van der Waals surface area contributed by atoms with Crippen LogP contribution >= 0.6 is 0 Å². The van der Waals surface area contributed by atoms with E-state index in [-0.39, 0.29) is 11.9 Å². The Balaban J connectivity index is 2.02. The van der Waals surface area contributed by atoms with Crippen LogP contribution < -0.4 is 4.74 Å². The summed E-state index contributed by atoms with van der Waals surface area (Å²) in [5.41, 5.74) is 2.94. The molecule has 2 aromatic carbocycles. The van der Waals surface area contributed by atoms with Gasteiger partial charge in [-0.1, -0.05) is 56.3 Å². The third-order valence-electron chi connectivity index (χ3n) is 3.54. The van der Waals surface area contributed by atoms with Gasteiger partial charge in [-0.05, 0) is 49.1 Å². The highest BCUT2D eigenvalue weighted by Gasteiger charge is 2.04. The van der Waals surface area contributed by atoms with Crippen molar-refractivity contribution in [3.8, 4) is 5.75 Å². The molecule has 0 spiro atoms. The molecule has 0 aliphatic heterocycles. The second-order valence-electron chi connectivity index (χ2n) is 6.21. The smallest absolute Gasteiger partial charge is 0.185 e. The molecule has 23 heavy (non-hydrogen) atoms. The average molecular weight is 308 g/mol. The number of hydrogen-bond acceptors (Lipinski definition) is 2. The van der Waals surface area contributed by atoms with Crippen molar-refractivity contribution in [3.05, 3.63) is 71.3 Å². The van der Waals surface area contributed by atoms with Crippen molar-refractivity contribution in [1.29, 1.82) is 0 Å². The standard InChI is InChI=1S/C21H24O2/c1-15(2)18-8-10-19(11-9-18)21(22)14-7-17-5-12-20(13-6-17)23-16(3)4/h5-16H,1-4H3/b14-7+. The zero-order valence-corrected chi connectivity index (χ0v) is 14.2. The molecule has 0 N–H and O–H groups in total. The van der Waals surface area contributed by atoms with E-state index in [9.17, 15) is 4.79 Å². The van der Waals surface area contributed by atoms with Gasteiger partial charge in [0.1, 0.15) is 5.75 Å². The van der Waals surface area contributed by atoms with Crippen LogP contribution in [0.15, 0.2) is 54.6 Å². The van der Waals surface area contributed by atoms with Crippen molar-refractivity contribution in [1.82, 2.24) is 0 Å². The largest absolute Gasteiger partial charge is 0.491 e. The molecule has 0 amide bonds. The van der Waals surface area contributed by atoms with Crippen LogP contribution in [0.5, 0.6) is 5.75 Å². The lowest BCUT2D eigenvalue weighted by molar-refractivity contribution is 0.104. The molecule has 0 saturated carbocycles. The number of carbonyl (C=O) groups excluding carboxylic acids is 1. The number of carbonyl (C=O) groups is 1. The molecule has 0 heterocycles. The van der Waals surface area contributed by atoms with Crippen LogP contribution in [0.1, 0.15) is 55.1 Å². The van der Waals surface area contributed by atoms with Crippen molar-refractivity contribution in [2.24, 2.45) is 0 Å². The fourth-order valence-corrected chi connectivity index (χ4v) is 2.23. The van der Waals surface area contributed by atoms with Crippen molar-refractivity contribution >= 4 is 11.9 Å². The molecule has 120 valence electrons. The molecule has 0 fully saturated rings. The Morgan fingerprint density at radius 3 is 2.04 bits per heavy atom. The highest BCUT2D eigenvalue weighted by atomic mass is 16.5. The zero-order valence-electron chi connectivity index (χ0n) is 14.2. The summed E-state index contributed by atoms with van der Waals surface area (Å²) in [5.74, 6) is 1.33. The Hall–Kier alpha value is -2.35. The maximum Gasteiger partial charge on any atom is 0.185 e. The molecular formula is C21H24O2. The minimum atomic E-state index is 0.0165. The molecule has 0 aliphatic rings. The summed E-state index contributed by atoms with van der Waals surface area (Å²) < 4.78 is 5.60. The zero-order chi connectivity index (χ0) is 16.8. The van der Waals surface area contributed by atoms with Crippen LogP contribution in [0.4, 0.5) is 0 Å². The van der Waals surface area contributed by atoms with Crippen molar-refractivity contribution < 1.29 is 9.53 Å². The highest BCUT2D eigenvalue weighted by Crippen LogP contribution is 2.17. The van der Waals surface area contributed by atoms with Gasteiger partial charge in [-0.15, -0.1) is 0 Å². The second kappa shape index (κ2) is 7.77. The second-order valence-corrected chi connectivity index (χ2v) is 6.21. The molecule has 0 aliphatic carbocycles. The average Bonchev–Trinajstić information content (AvgIpc) is 2.53. The van der Waals surface area contributed by atoms with Gasteiger partial charge in [0.25, 0.3) is 0 Å². The fraction of sp³-hybridized carbons (Fsp3) is 0.286. The number of rotatable bonds is 6. The Bertz CT molecular complexity index is 662. The number of ketones is 1.